The van der Waals surface area contributed by atoms with E-state index in [0.29, 0.717) is 17.9 Å². The van der Waals surface area contributed by atoms with Crippen LogP contribution in [0.4, 0.5) is 10.1 Å². The summed E-state index contributed by atoms with van der Waals surface area (Å²) in [6.45, 7) is 2.76. The minimum absolute atomic E-state index is 0.111. The minimum atomic E-state index is -0.917. The van der Waals surface area contributed by atoms with Crippen LogP contribution in [0.3, 0.4) is 0 Å². The molecule has 2 saturated heterocycles. The SMILES string of the molecule is Cc1cccc(C(=O)N(CC2CCCO2)C2CC(=O)N(c3ccc(F)cc3)C2=O)c1. The van der Waals surface area contributed by atoms with Crippen molar-refractivity contribution in [3.63, 3.8) is 0 Å². The third-order valence-electron chi connectivity index (χ3n) is 5.53. The second-order valence-corrected chi connectivity index (χ2v) is 7.73. The van der Waals surface area contributed by atoms with E-state index in [9.17, 15) is 18.8 Å². The molecule has 0 N–H and O–H groups in total. The second-order valence-electron chi connectivity index (χ2n) is 7.73. The highest BCUT2D eigenvalue weighted by atomic mass is 19.1. The second kappa shape index (κ2) is 8.36. The smallest absolute Gasteiger partial charge is 0.257 e. The van der Waals surface area contributed by atoms with Crippen molar-refractivity contribution in [2.75, 3.05) is 18.1 Å². The number of hydrogen-bond donors (Lipinski definition) is 0. The van der Waals surface area contributed by atoms with E-state index < -0.39 is 23.7 Å². The number of aryl methyl sites for hydroxylation is 1. The van der Waals surface area contributed by atoms with Gasteiger partial charge in [-0.15, -0.1) is 0 Å². The van der Waals surface area contributed by atoms with E-state index in [0.717, 1.165) is 23.3 Å². The van der Waals surface area contributed by atoms with Crippen molar-refractivity contribution in [2.45, 2.75) is 38.3 Å². The zero-order chi connectivity index (χ0) is 21.3. The van der Waals surface area contributed by atoms with E-state index in [1.165, 1.54) is 29.2 Å². The van der Waals surface area contributed by atoms with Crippen molar-refractivity contribution >= 4 is 23.4 Å². The first-order valence-electron chi connectivity index (χ1n) is 10.1. The van der Waals surface area contributed by atoms with Crippen LogP contribution >= 0.6 is 0 Å². The predicted molar refractivity (Wildman–Crippen MR) is 108 cm³/mol. The molecule has 2 heterocycles. The molecule has 2 atom stereocenters. The first-order valence-corrected chi connectivity index (χ1v) is 10.1. The Labute approximate surface area is 174 Å². The fourth-order valence-corrected chi connectivity index (χ4v) is 4.02. The molecule has 156 valence electrons. The molecular formula is C23H23FN2O4. The van der Waals surface area contributed by atoms with Crippen molar-refractivity contribution in [1.29, 1.82) is 0 Å². The standard InChI is InChI=1S/C23H23FN2O4/c1-15-4-2-5-16(12-15)22(28)25(14-19-6-3-11-30-19)20-13-21(27)26(23(20)29)18-9-7-17(24)8-10-18/h2,4-5,7-10,12,19-20H,3,6,11,13-14H2,1H3. The van der Waals surface area contributed by atoms with Crippen LogP contribution in [0.2, 0.25) is 0 Å². The Kier molecular flexibility index (Phi) is 5.63. The van der Waals surface area contributed by atoms with Crippen LogP contribution in [-0.4, -0.2) is 47.9 Å². The number of amides is 3. The number of carbonyl (C=O) groups is 3. The Balaban J connectivity index is 1.64. The summed E-state index contributed by atoms with van der Waals surface area (Å²) in [5.41, 5.74) is 1.70. The first kappa shape index (κ1) is 20.2. The average molecular weight is 410 g/mol. The molecule has 0 radical (unpaired) electrons. The van der Waals surface area contributed by atoms with Crippen LogP contribution in [0.15, 0.2) is 48.5 Å². The molecule has 2 aromatic carbocycles. The molecule has 2 aliphatic rings. The topological polar surface area (TPSA) is 66.9 Å². The highest BCUT2D eigenvalue weighted by Crippen LogP contribution is 2.28. The largest absolute Gasteiger partial charge is 0.376 e. The Morgan fingerprint density at radius 3 is 2.63 bits per heavy atom. The van der Waals surface area contributed by atoms with Gasteiger partial charge in [0, 0.05) is 18.7 Å². The van der Waals surface area contributed by atoms with Crippen LogP contribution < -0.4 is 4.90 Å². The number of benzene rings is 2. The lowest BCUT2D eigenvalue weighted by Gasteiger charge is -2.30. The molecule has 2 fully saturated rings. The molecule has 0 aliphatic carbocycles. The summed E-state index contributed by atoms with van der Waals surface area (Å²) in [7, 11) is 0. The van der Waals surface area contributed by atoms with E-state index in [2.05, 4.69) is 0 Å². The molecule has 30 heavy (non-hydrogen) atoms. The number of nitrogens with zero attached hydrogens (tertiary/aromatic N) is 2. The molecule has 0 aromatic heterocycles. The average Bonchev–Trinajstić information content (AvgIpc) is 3.34. The van der Waals surface area contributed by atoms with Gasteiger partial charge in [0.1, 0.15) is 11.9 Å². The van der Waals surface area contributed by atoms with E-state index in [1.807, 2.05) is 13.0 Å². The molecule has 0 bridgehead atoms. The molecule has 2 aliphatic heterocycles. The number of anilines is 1. The normalized spacial score (nSPS) is 21.3. The van der Waals surface area contributed by atoms with E-state index in [1.54, 1.807) is 18.2 Å². The fourth-order valence-electron chi connectivity index (χ4n) is 4.02. The third kappa shape index (κ3) is 3.98. The van der Waals surface area contributed by atoms with Crippen LogP contribution in [0.5, 0.6) is 0 Å². The molecule has 3 amide bonds. The number of ether oxygens (including phenoxy) is 1. The Morgan fingerprint density at radius 1 is 1.20 bits per heavy atom. The quantitative estimate of drug-likeness (QED) is 0.711. The van der Waals surface area contributed by atoms with Gasteiger partial charge < -0.3 is 9.64 Å². The monoisotopic (exact) mass is 410 g/mol. The van der Waals surface area contributed by atoms with E-state index >= 15 is 0 Å². The molecule has 6 nitrogen and oxygen atoms in total. The number of rotatable bonds is 5. The van der Waals surface area contributed by atoms with Gasteiger partial charge >= 0.3 is 0 Å². The maximum absolute atomic E-state index is 13.4. The number of carbonyl (C=O) groups excluding carboxylic acids is 3. The highest BCUT2D eigenvalue weighted by molar-refractivity contribution is 6.23. The first-order chi connectivity index (χ1) is 14.4. The summed E-state index contributed by atoms with van der Waals surface area (Å²) < 4.78 is 19.0. The molecule has 2 aromatic rings. The molecule has 4 rings (SSSR count). The van der Waals surface area contributed by atoms with Crippen molar-refractivity contribution in [2.24, 2.45) is 0 Å². The molecule has 2 unspecified atom stereocenters. The zero-order valence-corrected chi connectivity index (χ0v) is 16.7. The predicted octanol–water partition coefficient (Wildman–Crippen LogP) is 3.09. The summed E-state index contributed by atoms with van der Waals surface area (Å²) >= 11 is 0. The van der Waals surface area contributed by atoms with Crippen LogP contribution in [0, 0.1) is 12.7 Å². The maximum atomic E-state index is 13.4. The van der Waals surface area contributed by atoms with Gasteiger partial charge in [0.2, 0.25) is 5.91 Å². The molecular weight excluding hydrogens is 387 g/mol. The van der Waals surface area contributed by atoms with Gasteiger partial charge in [0.05, 0.1) is 18.2 Å². The van der Waals surface area contributed by atoms with Gasteiger partial charge in [-0.1, -0.05) is 17.7 Å². The summed E-state index contributed by atoms with van der Waals surface area (Å²) in [5.74, 6) is -1.65. The van der Waals surface area contributed by atoms with Gasteiger partial charge in [-0.25, -0.2) is 9.29 Å². The number of hydrogen-bond acceptors (Lipinski definition) is 4. The summed E-state index contributed by atoms with van der Waals surface area (Å²) in [6.07, 6.45) is 1.42. The highest BCUT2D eigenvalue weighted by Gasteiger charge is 2.45. The Morgan fingerprint density at radius 2 is 1.97 bits per heavy atom. The van der Waals surface area contributed by atoms with Crippen molar-refractivity contribution in [3.8, 4) is 0 Å². The van der Waals surface area contributed by atoms with E-state index in [4.69, 9.17) is 4.74 Å². The van der Waals surface area contributed by atoms with Gasteiger partial charge in [0.15, 0.2) is 0 Å². The van der Waals surface area contributed by atoms with Gasteiger partial charge in [-0.05, 0) is 56.2 Å². The lowest BCUT2D eigenvalue weighted by atomic mass is 10.1. The Hall–Kier alpha value is -3.06. The zero-order valence-electron chi connectivity index (χ0n) is 16.7. The molecule has 0 saturated carbocycles. The third-order valence-corrected chi connectivity index (χ3v) is 5.53. The lowest BCUT2D eigenvalue weighted by molar-refractivity contribution is -0.122. The lowest BCUT2D eigenvalue weighted by Crippen LogP contribution is -2.48. The van der Waals surface area contributed by atoms with Gasteiger partial charge in [0.25, 0.3) is 11.8 Å². The van der Waals surface area contributed by atoms with Crippen molar-refractivity contribution < 1.29 is 23.5 Å². The van der Waals surface area contributed by atoms with Crippen LogP contribution in [0.25, 0.3) is 0 Å². The molecule has 0 spiro atoms. The van der Waals surface area contributed by atoms with Crippen LogP contribution in [0.1, 0.15) is 35.2 Å². The minimum Gasteiger partial charge on any atom is -0.376 e. The van der Waals surface area contributed by atoms with Gasteiger partial charge in [-0.2, -0.15) is 0 Å². The Bertz CT molecular complexity index is 969. The van der Waals surface area contributed by atoms with E-state index in [-0.39, 0.29) is 25.0 Å². The number of halogens is 1. The number of imide groups is 1. The van der Waals surface area contributed by atoms with Crippen molar-refractivity contribution in [1.82, 2.24) is 4.90 Å². The fraction of sp³-hybridized carbons (Fsp3) is 0.348. The summed E-state index contributed by atoms with van der Waals surface area (Å²) in [4.78, 5) is 41.7. The van der Waals surface area contributed by atoms with Crippen LogP contribution in [-0.2, 0) is 14.3 Å². The summed E-state index contributed by atoms with van der Waals surface area (Å²) in [5, 5.41) is 0. The summed E-state index contributed by atoms with van der Waals surface area (Å²) in [6, 6.07) is 11.4. The van der Waals surface area contributed by atoms with Gasteiger partial charge in [-0.3, -0.25) is 14.4 Å². The molecule has 7 heteroatoms. The van der Waals surface area contributed by atoms with Crippen molar-refractivity contribution in [3.05, 3.63) is 65.5 Å². The maximum Gasteiger partial charge on any atom is 0.257 e.